The summed E-state index contributed by atoms with van der Waals surface area (Å²) < 4.78 is 57.2. The highest BCUT2D eigenvalue weighted by molar-refractivity contribution is 6.07. The first-order valence-electron chi connectivity index (χ1n) is 14.2. The molecule has 3 heterocycles. The zero-order valence-corrected chi connectivity index (χ0v) is 26.7. The number of benzene rings is 1. The highest BCUT2D eigenvalue weighted by atomic mass is 19.4. The Balaban J connectivity index is 1.55. The molecule has 17 heteroatoms. The van der Waals surface area contributed by atoms with Crippen molar-refractivity contribution in [2.24, 2.45) is 5.73 Å². The van der Waals surface area contributed by atoms with Gasteiger partial charge in [-0.25, -0.2) is 24.2 Å². The van der Waals surface area contributed by atoms with Crippen LogP contribution in [0.4, 0.5) is 29.5 Å². The molecule has 4 rings (SSSR count). The van der Waals surface area contributed by atoms with E-state index in [1.807, 2.05) is 0 Å². The Morgan fingerprint density at radius 2 is 1.62 bits per heavy atom. The van der Waals surface area contributed by atoms with Crippen LogP contribution < -0.4 is 16.0 Å². The third kappa shape index (κ3) is 9.17. The largest absolute Gasteiger partial charge is 0.456 e. The Bertz CT molecular complexity index is 1840. The maximum Gasteiger partial charge on any atom is 0.416 e. The molecule has 3 aromatic heterocycles. The lowest BCUT2D eigenvalue weighted by atomic mass is 10.1. The number of rotatable bonds is 8. The van der Waals surface area contributed by atoms with Crippen LogP contribution in [0.2, 0.25) is 0 Å². The van der Waals surface area contributed by atoms with Crippen molar-refractivity contribution < 1.29 is 46.2 Å². The van der Waals surface area contributed by atoms with Crippen LogP contribution in [0, 0.1) is 0 Å². The van der Waals surface area contributed by atoms with Gasteiger partial charge in [0.25, 0.3) is 11.8 Å². The quantitative estimate of drug-likeness (QED) is 0.226. The second-order valence-corrected chi connectivity index (χ2v) is 12.3. The average molecular weight is 672 g/mol. The standard InChI is InChI=1S/C31H32F3N7O7/c1-29(2,3)47-27(44)17-7-9-19(10-8-17)41-14-20(23(39-41)24(35)42)37-25(43)21-15-46-26(38-21)18-11-12-36-22(13-18)40(16-31(32,33)34)28(45)48-30(4,5)6/h7-15H,16H2,1-6H3,(H2,35,42)(H,37,43). The zero-order valence-electron chi connectivity index (χ0n) is 26.7. The number of nitrogens with zero attached hydrogens (tertiary/aromatic N) is 5. The number of carbonyl (C=O) groups is 4. The Morgan fingerprint density at radius 3 is 2.21 bits per heavy atom. The number of nitrogens with two attached hydrogens (primary N) is 1. The Labute approximate surface area is 272 Å². The van der Waals surface area contributed by atoms with Crippen LogP contribution in [-0.2, 0) is 9.47 Å². The molecule has 0 saturated heterocycles. The van der Waals surface area contributed by atoms with Gasteiger partial charge < -0.3 is 24.9 Å². The molecule has 1 aromatic carbocycles. The number of anilines is 2. The van der Waals surface area contributed by atoms with Gasteiger partial charge >= 0.3 is 18.2 Å². The van der Waals surface area contributed by atoms with E-state index in [0.717, 1.165) is 18.5 Å². The fourth-order valence-electron chi connectivity index (χ4n) is 4.00. The summed E-state index contributed by atoms with van der Waals surface area (Å²) >= 11 is 0. The van der Waals surface area contributed by atoms with Gasteiger partial charge in [0.2, 0.25) is 5.89 Å². The first-order chi connectivity index (χ1) is 22.2. The smallest absolute Gasteiger partial charge is 0.416 e. The van der Waals surface area contributed by atoms with Gasteiger partial charge in [0.1, 0.15) is 29.8 Å². The molecule has 254 valence electrons. The van der Waals surface area contributed by atoms with Crippen LogP contribution in [0.1, 0.15) is 72.9 Å². The van der Waals surface area contributed by atoms with Crippen LogP contribution in [0.3, 0.4) is 0 Å². The minimum Gasteiger partial charge on any atom is -0.456 e. The topological polar surface area (TPSA) is 185 Å². The van der Waals surface area contributed by atoms with Crippen molar-refractivity contribution in [1.82, 2.24) is 19.7 Å². The number of pyridine rings is 1. The number of ether oxygens (including phenoxy) is 2. The molecule has 0 aliphatic heterocycles. The first-order valence-corrected chi connectivity index (χ1v) is 14.2. The van der Waals surface area contributed by atoms with Gasteiger partial charge in [-0.1, -0.05) is 0 Å². The molecule has 0 aliphatic carbocycles. The predicted molar refractivity (Wildman–Crippen MR) is 165 cm³/mol. The van der Waals surface area contributed by atoms with E-state index in [-0.39, 0.29) is 34.1 Å². The number of amides is 3. The summed E-state index contributed by atoms with van der Waals surface area (Å²) in [6.07, 6.45) is -2.61. The highest BCUT2D eigenvalue weighted by Gasteiger charge is 2.37. The van der Waals surface area contributed by atoms with Gasteiger partial charge in [0.15, 0.2) is 11.4 Å². The SMILES string of the molecule is CC(C)(C)OC(=O)c1ccc(-n2cc(NC(=O)c3coc(-c4ccnc(N(CC(F)(F)F)C(=O)OC(C)(C)C)c4)n3)c(C(N)=O)n2)cc1. The summed E-state index contributed by atoms with van der Waals surface area (Å²) in [6, 6.07) is 8.57. The van der Waals surface area contributed by atoms with Gasteiger partial charge in [0.05, 0.1) is 23.1 Å². The van der Waals surface area contributed by atoms with E-state index in [1.54, 1.807) is 32.9 Å². The molecule has 0 spiro atoms. The highest BCUT2D eigenvalue weighted by Crippen LogP contribution is 2.28. The molecule has 4 aromatic rings. The van der Waals surface area contributed by atoms with Gasteiger partial charge in [-0.05, 0) is 77.9 Å². The predicted octanol–water partition coefficient (Wildman–Crippen LogP) is 5.53. The molecule has 0 radical (unpaired) electrons. The molecule has 48 heavy (non-hydrogen) atoms. The molecular weight excluding hydrogens is 639 g/mol. The van der Waals surface area contributed by atoms with Gasteiger partial charge in [-0.2, -0.15) is 18.3 Å². The van der Waals surface area contributed by atoms with Gasteiger partial charge in [-0.3, -0.25) is 14.5 Å². The summed E-state index contributed by atoms with van der Waals surface area (Å²) in [5.41, 5.74) is 3.89. The van der Waals surface area contributed by atoms with Crippen molar-refractivity contribution in [2.45, 2.75) is 58.9 Å². The summed E-state index contributed by atoms with van der Waals surface area (Å²) in [7, 11) is 0. The van der Waals surface area contributed by atoms with E-state index in [2.05, 4.69) is 20.4 Å². The van der Waals surface area contributed by atoms with E-state index in [9.17, 15) is 32.3 Å². The lowest BCUT2D eigenvalue weighted by Gasteiger charge is -2.27. The van der Waals surface area contributed by atoms with Crippen molar-refractivity contribution in [1.29, 1.82) is 0 Å². The van der Waals surface area contributed by atoms with Gasteiger partial charge in [-0.15, -0.1) is 0 Å². The maximum atomic E-state index is 13.3. The molecule has 0 saturated carbocycles. The minimum absolute atomic E-state index is 0.0698. The molecule has 0 aliphatic rings. The summed E-state index contributed by atoms with van der Waals surface area (Å²) in [5, 5.41) is 6.62. The van der Waals surface area contributed by atoms with E-state index < -0.39 is 53.6 Å². The third-order valence-corrected chi connectivity index (χ3v) is 5.92. The van der Waals surface area contributed by atoms with Crippen molar-refractivity contribution >= 4 is 35.4 Å². The summed E-state index contributed by atoms with van der Waals surface area (Å²) in [4.78, 5) is 58.5. The Kier molecular flexibility index (Phi) is 9.64. The lowest BCUT2D eigenvalue weighted by molar-refractivity contribution is -0.119. The van der Waals surface area contributed by atoms with Crippen LogP contribution in [0.15, 0.2) is 59.5 Å². The van der Waals surface area contributed by atoms with E-state index >= 15 is 0 Å². The first kappa shape index (κ1) is 35.1. The Hall–Kier alpha value is -5.74. The molecule has 14 nitrogen and oxygen atoms in total. The van der Waals surface area contributed by atoms with Crippen molar-refractivity contribution in [3.05, 3.63) is 72.0 Å². The third-order valence-electron chi connectivity index (χ3n) is 5.92. The summed E-state index contributed by atoms with van der Waals surface area (Å²) in [5.74, 6) is -2.91. The molecule has 0 fully saturated rings. The van der Waals surface area contributed by atoms with Gasteiger partial charge in [0, 0.05) is 11.8 Å². The van der Waals surface area contributed by atoms with Crippen LogP contribution in [-0.4, -0.2) is 67.5 Å². The van der Waals surface area contributed by atoms with E-state index in [0.29, 0.717) is 10.6 Å². The number of aromatic nitrogens is 4. The normalized spacial score (nSPS) is 11.9. The molecule has 0 unspecified atom stereocenters. The fourth-order valence-corrected chi connectivity index (χ4v) is 4.00. The summed E-state index contributed by atoms with van der Waals surface area (Å²) in [6.45, 7) is 8.05. The molecule has 0 atom stereocenters. The average Bonchev–Trinajstić information content (AvgIpc) is 3.62. The molecule has 3 N–H and O–H groups in total. The fraction of sp³-hybridized carbons (Fsp3) is 0.323. The van der Waals surface area contributed by atoms with E-state index in [1.165, 1.54) is 49.8 Å². The number of hydrogen-bond acceptors (Lipinski definition) is 10. The second kappa shape index (κ2) is 13.2. The number of oxazole rings is 1. The number of primary amides is 1. The number of nitrogens with one attached hydrogen (secondary N) is 1. The lowest BCUT2D eigenvalue weighted by Crippen LogP contribution is -2.42. The van der Waals surface area contributed by atoms with Crippen molar-refractivity contribution in [3.63, 3.8) is 0 Å². The van der Waals surface area contributed by atoms with Crippen LogP contribution in [0.5, 0.6) is 0 Å². The molecule has 0 bridgehead atoms. The van der Waals surface area contributed by atoms with Crippen LogP contribution >= 0.6 is 0 Å². The number of esters is 1. The maximum absolute atomic E-state index is 13.3. The zero-order chi connectivity index (χ0) is 35.6. The van der Waals surface area contributed by atoms with E-state index in [4.69, 9.17) is 19.6 Å². The minimum atomic E-state index is -4.77. The molecular formula is C31H32F3N7O7. The van der Waals surface area contributed by atoms with Crippen molar-refractivity contribution in [2.75, 3.05) is 16.8 Å². The second-order valence-electron chi connectivity index (χ2n) is 12.3. The van der Waals surface area contributed by atoms with Crippen LogP contribution in [0.25, 0.3) is 17.1 Å². The number of halogens is 3. The number of hydrogen-bond donors (Lipinski definition) is 2. The molecule has 3 amide bonds. The van der Waals surface area contributed by atoms with Crippen molar-refractivity contribution in [3.8, 4) is 17.1 Å². The monoisotopic (exact) mass is 671 g/mol. The number of alkyl halides is 3. The number of carbonyl (C=O) groups excluding carboxylic acids is 4. The Morgan fingerprint density at radius 1 is 0.979 bits per heavy atom.